The van der Waals surface area contributed by atoms with E-state index in [-0.39, 0.29) is 0 Å². The summed E-state index contributed by atoms with van der Waals surface area (Å²) in [5.74, 6) is 2.90. The van der Waals surface area contributed by atoms with Crippen LogP contribution in [0.5, 0.6) is 11.5 Å². The number of rotatable bonds is 10. The molecule has 0 radical (unpaired) electrons. The summed E-state index contributed by atoms with van der Waals surface area (Å²) in [4.78, 5) is 15.9. The molecule has 2 rings (SSSR count). The highest BCUT2D eigenvalue weighted by Crippen LogP contribution is 2.28. The third-order valence-electron chi connectivity index (χ3n) is 4.34. The summed E-state index contributed by atoms with van der Waals surface area (Å²) in [5, 5.41) is 6.44. The fourth-order valence-corrected chi connectivity index (χ4v) is 2.91. The first-order chi connectivity index (χ1) is 14.5. The number of carbonyl (C=O) groups is 1. The Morgan fingerprint density at radius 3 is 2.50 bits per heavy atom. The van der Waals surface area contributed by atoms with Crippen molar-refractivity contribution in [1.29, 1.82) is 0 Å². The number of nitrogens with zero attached hydrogens (tertiary/aromatic N) is 1. The first kappa shape index (κ1) is 23.1. The van der Waals surface area contributed by atoms with Crippen molar-refractivity contribution in [3.63, 3.8) is 0 Å². The number of hydrogen-bond donors (Lipinski definition) is 2. The molecule has 2 aromatic rings. The zero-order valence-electron chi connectivity index (χ0n) is 18.3. The molecule has 164 valence electrons. The molecule has 2 N–H and O–H groups in total. The van der Waals surface area contributed by atoms with Gasteiger partial charge in [0.25, 0.3) is 0 Å². The highest BCUT2D eigenvalue weighted by atomic mass is 16.5. The maximum absolute atomic E-state index is 11.7. The number of furan rings is 1. The monoisotopic (exact) mass is 417 g/mol. The van der Waals surface area contributed by atoms with Crippen molar-refractivity contribution in [2.24, 2.45) is 4.99 Å². The molecular formula is C22H31N3O5. The number of aliphatic imine (C=N–C) groups is 1. The molecule has 8 nitrogen and oxygen atoms in total. The second-order valence-electron chi connectivity index (χ2n) is 6.42. The average Bonchev–Trinajstić information content (AvgIpc) is 3.12. The molecule has 0 saturated carbocycles. The van der Waals surface area contributed by atoms with Gasteiger partial charge in [-0.15, -0.1) is 0 Å². The van der Waals surface area contributed by atoms with Crippen LogP contribution in [0.25, 0.3) is 0 Å². The Balaban J connectivity index is 1.87. The van der Waals surface area contributed by atoms with Crippen LogP contribution in [0.4, 0.5) is 0 Å². The van der Waals surface area contributed by atoms with Crippen molar-refractivity contribution < 1.29 is 23.4 Å². The van der Waals surface area contributed by atoms with Crippen molar-refractivity contribution in [1.82, 2.24) is 10.6 Å². The molecule has 1 heterocycles. The van der Waals surface area contributed by atoms with Crippen molar-refractivity contribution >= 4 is 11.9 Å². The van der Waals surface area contributed by atoms with Crippen LogP contribution in [0.1, 0.15) is 41.3 Å². The summed E-state index contributed by atoms with van der Waals surface area (Å²) in [7, 11) is 3.05. The quantitative estimate of drug-likeness (QED) is 0.348. The zero-order chi connectivity index (χ0) is 21.9. The molecule has 0 atom stereocenters. The summed E-state index contributed by atoms with van der Waals surface area (Å²) in [6.45, 7) is 7.90. The molecule has 0 bridgehead atoms. The fraction of sp³-hybridized carbons (Fsp3) is 0.455. The van der Waals surface area contributed by atoms with Gasteiger partial charge in [-0.25, -0.2) is 4.79 Å². The fourth-order valence-electron chi connectivity index (χ4n) is 2.91. The minimum Gasteiger partial charge on any atom is -0.490 e. The molecule has 0 spiro atoms. The van der Waals surface area contributed by atoms with Gasteiger partial charge < -0.3 is 29.3 Å². The molecule has 0 aliphatic rings. The molecule has 0 fully saturated rings. The molecular weight excluding hydrogens is 386 g/mol. The Labute approximate surface area is 177 Å². The van der Waals surface area contributed by atoms with Gasteiger partial charge in [-0.05, 0) is 51.0 Å². The second kappa shape index (κ2) is 11.7. The van der Waals surface area contributed by atoms with Gasteiger partial charge >= 0.3 is 5.97 Å². The van der Waals surface area contributed by atoms with Crippen LogP contribution in [0.3, 0.4) is 0 Å². The van der Waals surface area contributed by atoms with Crippen molar-refractivity contribution in [3.05, 3.63) is 46.9 Å². The lowest BCUT2D eigenvalue weighted by Gasteiger charge is -2.14. The van der Waals surface area contributed by atoms with E-state index < -0.39 is 5.97 Å². The van der Waals surface area contributed by atoms with E-state index >= 15 is 0 Å². The first-order valence-corrected chi connectivity index (χ1v) is 10.0. The molecule has 30 heavy (non-hydrogen) atoms. The van der Waals surface area contributed by atoms with Gasteiger partial charge in [-0.2, -0.15) is 0 Å². The predicted molar refractivity (Wildman–Crippen MR) is 115 cm³/mol. The molecule has 1 aromatic carbocycles. The number of aryl methyl sites for hydroxylation is 1. The minimum absolute atomic E-state index is 0.398. The van der Waals surface area contributed by atoms with Gasteiger partial charge in [0.15, 0.2) is 17.5 Å². The van der Waals surface area contributed by atoms with Gasteiger partial charge in [0.2, 0.25) is 0 Å². The number of esters is 1. The third kappa shape index (κ3) is 6.43. The smallest absolute Gasteiger partial charge is 0.341 e. The largest absolute Gasteiger partial charge is 0.490 e. The van der Waals surface area contributed by atoms with Crippen LogP contribution in [0.15, 0.2) is 33.7 Å². The van der Waals surface area contributed by atoms with Gasteiger partial charge in [0, 0.05) is 13.6 Å². The first-order valence-electron chi connectivity index (χ1n) is 10.0. The normalized spacial score (nSPS) is 11.2. The highest BCUT2D eigenvalue weighted by molar-refractivity contribution is 5.90. The highest BCUT2D eigenvalue weighted by Gasteiger charge is 2.15. The van der Waals surface area contributed by atoms with E-state index in [1.54, 1.807) is 20.0 Å². The van der Waals surface area contributed by atoms with Gasteiger partial charge in [-0.3, -0.25) is 4.99 Å². The standard InChI is InChI=1S/C22H31N3O5/c1-6-28-19-9-8-16(12-20(19)29-7-2)10-11-24-22(23-4)25-14-17-13-18(15(3)30-17)21(26)27-5/h8-9,12-13H,6-7,10-11,14H2,1-5H3,(H2,23,24,25). The molecule has 8 heteroatoms. The lowest BCUT2D eigenvalue weighted by molar-refractivity contribution is 0.0599. The molecule has 1 aromatic heterocycles. The van der Waals surface area contributed by atoms with E-state index in [9.17, 15) is 4.79 Å². The lowest BCUT2D eigenvalue weighted by atomic mass is 10.1. The van der Waals surface area contributed by atoms with E-state index in [0.717, 1.165) is 23.5 Å². The second-order valence-corrected chi connectivity index (χ2v) is 6.42. The average molecular weight is 418 g/mol. The number of carbonyl (C=O) groups excluding carboxylic acids is 1. The molecule has 0 unspecified atom stereocenters. The number of ether oxygens (including phenoxy) is 3. The van der Waals surface area contributed by atoms with Crippen LogP contribution in [-0.4, -0.2) is 45.8 Å². The van der Waals surface area contributed by atoms with Gasteiger partial charge in [-0.1, -0.05) is 6.07 Å². The van der Waals surface area contributed by atoms with Crippen LogP contribution in [-0.2, 0) is 17.7 Å². The Bertz CT molecular complexity index is 860. The number of benzene rings is 1. The van der Waals surface area contributed by atoms with E-state index in [1.807, 2.05) is 32.0 Å². The molecule has 0 saturated heterocycles. The van der Waals surface area contributed by atoms with Crippen molar-refractivity contribution in [3.8, 4) is 11.5 Å². The Morgan fingerprint density at radius 1 is 1.10 bits per heavy atom. The van der Waals surface area contributed by atoms with Gasteiger partial charge in [0.05, 0.1) is 26.9 Å². The number of methoxy groups -OCH3 is 1. The maximum Gasteiger partial charge on any atom is 0.341 e. The van der Waals surface area contributed by atoms with E-state index in [2.05, 4.69) is 15.6 Å². The van der Waals surface area contributed by atoms with Crippen molar-refractivity contribution in [2.75, 3.05) is 33.9 Å². The van der Waals surface area contributed by atoms with Crippen LogP contribution in [0, 0.1) is 6.92 Å². The van der Waals surface area contributed by atoms with Crippen LogP contribution < -0.4 is 20.1 Å². The van der Waals surface area contributed by atoms with E-state index in [1.165, 1.54) is 7.11 Å². The third-order valence-corrected chi connectivity index (χ3v) is 4.34. The summed E-state index contributed by atoms with van der Waals surface area (Å²) < 4.78 is 21.6. The van der Waals surface area contributed by atoms with Crippen LogP contribution >= 0.6 is 0 Å². The summed E-state index contributed by atoms with van der Waals surface area (Å²) in [6, 6.07) is 7.66. The van der Waals surface area contributed by atoms with Gasteiger partial charge in [0.1, 0.15) is 17.1 Å². The summed E-state index contributed by atoms with van der Waals surface area (Å²) in [5.41, 5.74) is 1.56. The van der Waals surface area contributed by atoms with Crippen LogP contribution in [0.2, 0.25) is 0 Å². The Hall–Kier alpha value is -3.16. The molecule has 0 aliphatic carbocycles. The zero-order valence-corrected chi connectivity index (χ0v) is 18.3. The van der Waals surface area contributed by atoms with E-state index in [4.69, 9.17) is 18.6 Å². The number of nitrogens with one attached hydrogen (secondary N) is 2. The Kier molecular flexibility index (Phi) is 9.05. The topological polar surface area (TPSA) is 94.3 Å². The summed E-state index contributed by atoms with van der Waals surface area (Å²) in [6.07, 6.45) is 0.791. The maximum atomic E-state index is 11.7. The number of guanidine groups is 1. The molecule has 0 amide bonds. The predicted octanol–water partition coefficient (Wildman–Crippen LogP) is 3.08. The van der Waals surface area contributed by atoms with Crippen molar-refractivity contribution in [2.45, 2.75) is 33.7 Å². The summed E-state index contributed by atoms with van der Waals surface area (Å²) >= 11 is 0. The minimum atomic E-state index is -0.410. The van der Waals surface area contributed by atoms with E-state index in [0.29, 0.717) is 49.3 Å². The molecule has 0 aliphatic heterocycles. The number of hydrogen-bond acceptors (Lipinski definition) is 6. The lowest BCUT2D eigenvalue weighted by Crippen LogP contribution is -2.37. The SMILES string of the molecule is CCOc1ccc(CCNC(=NC)NCc2cc(C(=O)OC)c(C)o2)cc1OCC. The Morgan fingerprint density at radius 2 is 1.83 bits per heavy atom.